The highest BCUT2D eigenvalue weighted by atomic mass is 15.2. The number of piperidine rings is 1. The number of nitrogens with zero attached hydrogens (tertiary/aromatic N) is 1. The van der Waals surface area contributed by atoms with Gasteiger partial charge in [-0.2, -0.15) is 0 Å². The molecule has 2 aliphatic heterocycles. The van der Waals surface area contributed by atoms with Crippen LogP contribution >= 0.6 is 0 Å². The van der Waals surface area contributed by atoms with Gasteiger partial charge in [0, 0.05) is 17.8 Å². The zero-order chi connectivity index (χ0) is 13.3. The number of rotatable bonds is 2. The Balaban J connectivity index is 0.000000581. The van der Waals surface area contributed by atoms with Crippen LogP contribution in [0.15, 0.2) is 37.6 Å². The summed E-state index contributed by atoms with van der Waals surface area (Å²) in [5, 5.41) is 0. The molecule has 1 heteroatoms. The summed E-state index contributed by atoms with van der Waals surface area (Å²) in [4.78, 5) is 2.56. The van der Waals surface area contributed by atoms with Gasteiger partial charge in [0.15, 0.2) is 0 Å². The van der Waals surface area contributed by atoms with Crippen molar-refractivity contribution >= 4 is 0 Å². The fourth-order valence-corrected chi connectivity index (χ4v) is 2.86. The summed E-state index contributed by atoms with van der Waals surface area (Å²) in [6.45, 7) is 16.2. The van der Waals surface area contributed by atoms with E-state index < -0.39 is 0 Å². The van der Waals surface area contributed by atoms with E-state index >= 15 is 0 Å². The molecule has 0 aromatic heterocycles. The van der Waals surface area contributed by atoms with E-state index in [-0.39, 0.29) is 0 Å². The molecule has 0 N–H and O–H groups in total. The maximum Gasteiger partial charge on any atom is 0.0294 e. The Hall–Kier alpha value is -0.980. The summed E-state index contributed by atoms with van der Waals surface area (Å²) < 4.78 is 0. The summed E-state index contributed by atoms with van der Waals surface area (Å²) in [5.74, 6) is 0. The van der Waals surface area contributed by atoms with E-state index in [9.17, 15) is 0 Å². The smallest absolute Gasteiger partial charge is 0.0294 e. The van der Waals surface area contributed by atoms with Gasteiger partial charge < -0.3 is 4.90 Å². The van der Waals surface area contributed by atoms with Crippen molar-refractivity contribution in [3.8, 4) is 0 Å². The standard InChI is InChI=1S/C12H19N.C2H6.C2H4/c1-3-5-10(2)13-11-6-4-7-12(13)9-8-11;2*1-2/h3,5,11-12H,2,4,6-9H2,1H3;1-2H3;1-2H2/b5-3-;;. The van der Waals surface area contributed by atoms with Gasteiger partial charge in [0.2, 0.25) is 0 Å². The molecule has 1 nitrogen and oxygen atoms in total. The average Bonchev–Trinajstić information content (AvgIpc) is 2.65. The van der Waals surface area contributed by atoms with Gasteiger partial charge in [-0.15, -0.1) is 13.2 Å². The first kappa shape index (κ1) is 16.0. The maximum absolute atomic E-state index is 4.15. The quantitative estimate of drug-likeness (QED) is 0.485. The molecule has 0 saturated carbocycles. The van der Waals surface area contributed by atoms with Crippen LogP contribution in [0.2, 0.25) is 0 Å². The molecule has 17 heavy (non-hydrogen) atoms. The van der Waals surface area contributed by atoms with E-state index in [2.05, 4.69) is 43.7 Å². The molecular formula is C16H29N. The molecule has 2 bridgehead atoms. The maximum atomic E-state index is 4.15. The molecule has 98 valence electrons. The van der Waals surface area contributed by atoms with Gasteiger partial charge in [-0.25, -0.2) is 0 Å². The van der Waals surface area contributed by atoms with Crippen LogP contribution in [0, 0.1) is 0 Å². The highest BCUT2D eigenvalue weighted by Crippen LogP contribution is 2.37. The molecule has 2 atom stereocenters. The molecule has 2 fully saturated rings. The van der Waals surface area contributed by atoms with E-state index in [1.807, 2.05) is 13.8 Å². The van der Waals surface area contributed by atoms with Gasteiger partial charge in [-0.05, 0) is 45.1 Å². The third-order valence-electron chi connectivity index (χ3n) is 3.39. The third-order valence-corrected chi connectivity index (χ3v) is 3.39. The lowest BCUT2D eigenvalue weighted by Gasteiger charge is -2.37. The van der Waals surface area contributed by atoms with Crippen molar-refractivity contribution < 1.29 is 0 Å². The number of hydrogen-bond acceptors (Lipinski definition) is 1. The first-order valence-corrected chi connectivity index (χ1v) is 6.93. The fourth-order valence-electron chi connectivity index (χ4n) is 2.86. The number of fused-ring (bicyclic) bond motifs is 2. The van der Waals surface area contributed by atoms with Gasteiger partial charge >= 0.3 is 0 Å². The Morgan fingerprint density at radius 2 is 1.53 bits per heavy atom. The Morgan fingerprint density at radius 1 is 1.06 bits per heavy atom. The van der Waals surface area contributed by atoms with Gasteiger partial charge in [0.05, 0.1) is 0 Å². The zero-order valence-electron chi connectivity index (χ0n) is 11.9. The predicted octanol–water partition coefficient (Wildman–Crippen LogP) is 4.92. The van der Waals surface area contributed by atoms with Crippen molar-refractivity contribution in [2.45, 2.75) is 65.0 Å². The Labute approximate surface area is 108 Å². The minimum absolute atomic E-state index is 0.808. The van der Waals surface area contributed by atoms with E-state index in [0.717, 1.165) is 12.1 Å². The lowest BCUT2D eigenvalue weighted by atomic mass is 10.0. The van der Waals surface area contributed by atoms with Gasteiger partial charge in [-0.3, -0.25) is 0 Å². The molecule has 0 aromatic carbocycles. The molecule has 2 saturated heterocycles. The molecular weight excluding hydrogens is 206 g/mol. The van der Waals surface area contributed by atoms with Crippen molar-refractivity contribution in [1.82, 2.24) is 4.90 Å². The zero-order valence-corrected chi connectivity index (χ0v) is 11.9. The minimum atomic E-state index is 0.808. The van der Waals surface area contributed by atoms with E-state index in [1.165, 1.54) is 37.8 Å². The largest absolute Gasteiger partial charge is 0.366 e. The first-order chi connectivity index (χ1) is 8.33. The van der Waals surface area contributed by atoms with Crippen LogP contribution in [0.1, 0.15) is 52.9 Å². The molecule has 0 aliphatic carbocycles. The van der Waals surface area contributed by atoms with E-state index in [4.69, 9.17) is 0 Å². The SMILES string of the molecule is C=C.C=C(/C=C\C)N1C2CCCC1CC2.CC. The summed E-state index contributed by atoms with van der Waals surface area (Å²) in [6.07, 6.45) is 11.2. The normalized spacial score (nSPS) is 25.7. The summed E-state index contributed by atoms with van der Waals surface area (Å²) in [6, 6.07) is 1.62. The third kappa shape index (κ3) is 4.07. The lowest BCUT2D eigenvalue weighted by Crippen LogP contribution is -2.37. The van der Waals surface area contributed by atoms with Gasteiger partial charge in [-0.1, -0.05) is 26.5 Å². The molecule has 0 aromatic rings. The fraction of sp³-hybridized carbons (Fsp3) is 0.625. The van der Waals surface area contributed by atoms with Gasteiger partial charge in [0.25, 0.3) is 0 Å². The average molecular weight is 235 g/mol. The van der Waals surface area contributed by atoms with Crippen molar-refractivity contribution in [3.63, 3.8) is 0 Å². The summed E-state index contributed by atoms with van der Waals surface area (Å²) in [5.41, 5.74) is 1.23. The highest BCUT2D eigenvalue weighted by molar-refractivity contribution is 5.17. The first-order valence-electron chi connectivity index (χ1n) is 6.93. The summed E-state index contributed by atoms with van der Waals surface area (Å²) in [7, 11) is 0. The second-order valence-corrected chi connectivity index (χ2v) is 4.21. The molecule has 2 rings (SSSR count). The van der Waals surface area contributed by atoms with Crippen LogP contribution in [0.25, 0.3) is 0 Å². The van der Waals surface area contributed by atoms with Crippen LogP contribution in [0.4, 0.5) is 0 Å². The predicted molar refractivity (Wildman–Crippen MR) is 79.1 cm³/mol. The van der Waals surface area contributed by atoms with Crippen LogP contribution in [0.3, 0.4) is 0 Å². The van der Waals surface area contributed by atoms with Crippen LogP contribution in [0.5, 0.6) is 0 Å². The van der Waals surface area contributed by atoms with E-state index in [1.54, 1.807) is 0 Å². The topological polar surface area (TPSA) is 3.24 Å². The minimum Gasteiger partial charge on any atom is -0.366 e. The van der Waals surface area contributed by atoms with Crippen molar-refractivity contribution in [2.75, 3.05) is 0 Å². The Morgan fingerprint density at radius 3 is 1.94 bits per heavy atom. The molecule has 0 amide bonds. The molecule has 0 spiro atoms. The molecule has 2 aliphatic rings. The monoisotopic (exact) mass is 235 g/mol. The van der Waals surface area contributed by atoms with Gasteiger partial charge in [0.1, 0.15) is 0 Å². The van der Waals surface area contributed by atoms with Crippen molar-refractivity contribution in [3.05, 3.63) is 37.6 Å². The Bertz CT molecular complexity index is 226. The molecule has 2 unspecified atom stereocenters. The van der Waals surface area contributed by atoms with Crippen LogP contribution < -0.4 is 0 Å². The second kappa shape index (κ2) is 9.09. The summed E-state index contributed by atoms with van der Waals surface area (Å²) >= 11 is 0. The lowest BCUT2D eigenvalue weighted by molar-refractivity contribution is 0.194. The number of allylic oxidation sites excluding steroid dienone is 2. The number of hydrogen-bond donors (Lipinski definition) is 0. The second-order valence-electron chi connectivity index (χ2n) is 4.21. The van der Waals surface area contributed by atoms with Crippen molar-refractivity contribution in [2.24, 2.45) is 0 Å². The molecule has 2 heterocycles. The van der Waals surface area contributed by atoms with Crippen molar-refractivity contribution in [1.29, 1.82) is 0 Å². The van der Waals surface area contributed by atoms with Crippen LogP contribution in [-0.2, 0) is 0 Å². The Kier molecular flexibility index (Phi) is 8.57. The van der Waals surface area contributed by atoms with Crippen LogP contribution in [-0.4, -0.2) is 17.0 Å². The highest BCUT2D eigenvalue weighted by Gasteiger charge is 2.36. The van der Waals surface area contributed by atoms with E-state index in [0.29, 0.717) is 0 Å². The molecule has 0 radical (unpaired) electrons.